The van der Waals surface area contributed by atoms with Crippen molar-refractivity contribution in [3.63, 3.8) is 0 Å². The second-order valence-electron chi connectivity index (χ2n) is 3.97. The number of hydrogen-bond donors (Lipinski definition) is 1. The standard InChI is InChI=1S/C11H15N3O/c1-4-14-10-9(13-11(14)15)5-8(6-12-10)7(2)3/h5-7H,4H2,1-3H3,(H,13,15). The van der Waals surface area contributed by atoms with E-state index in [0.29, 0.717) is 12.5 Å². The highest BCUT2D eigenvalue weighted by molar-refractivity contribution is 5.71. The minimum atomic E-state index is -0.0825. The van der Waals surface area contributed by atoms with Gasteiger partial charge in [-0.3, -0.25) is 4.57 Å². The number of pyridine rings is 1. The lowest BCUT2D eigenvalue weighted by atomic mass is 10.1. The molecule has 0 aliphatic heterocycles. The Labute approximate surface area is 88.0 Å². The Hall–Kier alpha value is -1.58. The molecule has 0 radical (unpaired) electrons. The van der Waals surface area contributed by atoms with Crippen LogP contribution in [0.25, 0.3) is 11.2 Å². The third-order valence-corrected chi connectivity index (χ3v) is 2.61. The van der Waals surface area contributed by atoms with Crippen LogP contribution in [0.4, 0.5) is 0 Å². The highest BCUT2D eigenvalue weighted by Gasteiger charge is 2.08. The van der Waals surface area contributed by atoms with E-state index in [1.165, 1.54) is 0 Å². The molecular weight excluding hydrogens is 190 g/mol. The molecule has 2 aromatic rings. The molecule has 0 fully saturated rings. The van der Waals surface area contributed by atoms with Gasteiger partial charge in [0.05, 0.1) is 5.52 Å². The zero-order valence-electron chi connectivity index (χ0n) is 9.24. The summed E-state index contributed by atoms with van der Waals surface area (Å²) in [5, 5.41) is 0. The van der Waals surface area contributed by atoms with E-state index in [9.17, 15) is 4.79 Å². The van der Waals surface area contributed by atoms with E-state index in [-0.39, 0.29) is 5.69 Å². The number of imidazole rings is 1. The number of H-pyrrole nitrogens is 1. The van der Waals surface area contributed by atoms with Crippen LogP contribution in [0.1, 0.15) is 32.3 Å². The van der Waals surface area contributed by atoms with Gasteiger partial charge in [0, 0.05) is 12.7 Å². The van der Waals surface area contributed by atoms with Crippen molar-refractivity contribution in [2.45, 2.75) is 33.2 Å². The van der Waals surface area contributed by atoms with E-state index in [1.54, 1.807) is 4.57 Å². The van der Waals surface area contributed by atoms with Crippen LogP contribution in [0, 0.1) is 0 Å². The number of nitrogens with one attached hydrogen (secondary N) is 1. The van der Waals surface area contributed by atoms with Crippen molar-refractivity contribution in [1.29, 1.82) is 0 Å². The molecule has 2 rings (SSSR count). The average molecular weight is 205 g/mol. The van der Waals surface area contributed by atoms with E-state index in [1.807, 2.05) is 19.2 Å². The number of aryl methyl sites for hydroxylation is 1. The summed E-state index contributed by atoms with van der Waals surface area (Å²) in [6, 6.07) is 2.00. The molecule has 2 heterocycles. The van der Waals surface area contributed by atoms with Crippen molar-refractivity contribution in [3.8, 4) is 0 Å². The molecule has 0 amide bonds. The first kappa shape index (κ1) is 9.96. The molecule has 80 valence electrons. The van der Waals surface area contributed by atoms with Crippen LogP contribution >= 0.6 is 0 Å². The minimum absolute atomic E-state index is 0.0825. The van der Waals surface area contributed by atoms with E-state index < -0.39 is 0 Å². The monoisotopic (exact) mass is 205 g/mol. The van der Waals surface area contributed by atoms with E-state index in [0.717, 1.165) is 16.7 Å². The summed E-state index contributed by atoms with van der Waals surface area (Å²) in [6.45, 7) is 6.80. The van der Waals surface area contributed by atoms with E-state index in [4.69, 9.17) is 0 Å². The van der Waals surface area contributed by atoms with Gasteiger partial charge in [-0.25, -0.2) is 9.78 Å². The number of aromatic amines is 1. The Bertz CT molecular complexity index is 536. The van der Waals surface area contributed by atoms with Gasteiger partial charge in [-0.15, -0.1) is 0 Å². The number of rotatable bonds is 2. The Kier molecular flexibility index (Phi) is 2.34. The molecule has 0 aliphatic rings. The fraction of sp³-hybridized carbons (Fsp3) is 0.455. The average Bonchev–Trinajstić information content (AvgIpc) is 2.51. The summed E-state index contributed by atoms with van der Waals surface area (Å²) >= 11 is 0. The van der Waals surface area contributed by atoms with Crippen LogP contribution in [-0.4, -0.2) is 14.5 Å². The number of aromatic nitrogens is 3. The normalized spacial score (nSPS) is 11.5. The predicted octanol–water partition coefficient (Wildman–Crippen LogP) is 1.87. The van der Waals surface area contributed by atoms with Crippen molar-refractivity contribution in [2.24, 2.45) is 0 Å². The topological polar surface area (TPSA) is 50.7 Å². The molecule has 0 bridgehead atoms. The summed E-state index contributed by atoms with van der Waals surface area (Å²) in [6.07, 6.45) is 1.84. The van der Waals surface area contributed by atoms with Crippen molar-refractivity contribution < 1.29 is 0 Å². The lowest BCUT2D eigenvalue weighted by Crippen LogP contribution is -2.15. The van der Waals surface area contributed by atoms with Crippen molar-refractivity contribution in [3.05, 3.63) is 28.3 Å². The smallest absolute Gasteiger partial charge is 0.304 e. The van der Waals surface area contributed by atoms with Crippen LogP contribution in [0.5, 0.6) is 0 Å². The largest absolute Gasteiger partial charge is 0.327 e. The third-order valence-electron chi connectivity index (χ3n) is 2.61. The van der Waals surface area contributed by atoms with Crippen molar-refractivity contribution >= 4 is 11.2 Å². The maximum absolute atomic E-state index is 11.5. The summed E-state index contributed by atoms with van der Waals surface area (Å²) < 4.78 is 1.64. The zero-order chi connectivity index (χ0) is 11.0. The molecule has 0 atom stereocenters. The molecule has 0 saturated carbocycles. The van der Waals surface area contributed by atoms with Gasteiger partial charge in [-0.05, 0) is 24.5 Å². The number of hydrogen-bond acceptors (Lipinski definition) is 2. The molecule has 2 aromatic heterocycles. The maximum Gasteiger partial charge on any atom is 0.327 e. The lowest BCUT2D eigenvalue weighted by Gasteiger charge is -2.04. The minimum Gasteiger partial charge on any atom is -0.304 e. The van der Waals surface area contributed by atoms with Gasteiger partial charge in [0.15, 0.2) is 5.65 Å². The Morgan fingerprint density at radius 3 is 2.87 bits per heavy atom. The molecule has 0 spiro atoms. The first-order chi connectivity index (χ1) is 7.13. The fourth-order valence-electron chi connectivity index (χ4n) is 1.67. The van der Waals surface area contributed by atoms with Gasteiger partial charge >= 0.3 is 5.69 Å². The SMILES string of the molecule is CCn1c(=O)[nH]c2cc(C(C)C)cnc21. The van der Waals surface area contributed by atoms with Crippen LogP contribution in [0.3, 0.4) is 0 Å². The molecule has 0 aliphatic carbocycles. The van der Waals surface area contributed by atoms with Crippen molar-refractivity contribution in [1.82, 2.24) is 14.5 Å². The Morgan fingerprint density at radius 2 is 2.27 bits per heavy atom. The van der Waals surface area contributed by atoms with Gasteiger partial charge in [-0.2, -0.15) is 0 Å². The van der Waals surface area contributed by atoms with Gasteiger partial charge in [0.1, 0.15) is 0 Å². The fourth-order valence-corrected chi connectivity index (χ4v) is 1.67. The summed E-state index contributed by atoms with van der Waals surface area (Å²) in [7, 11) is 0. The van der Waals surface area contributed by atoms with Crippen LogP contribution in [-0.2, 0) is 6.54 Å². The lowest BCUT2D eigenvalue weighted by molar-refractivity contribution is 0.745. The van der Waals surface area contributed by atoms with Gasteiger partial charge < -0.3 is 4.98 Å². The summed E-state index contributed by atoms with van der Waals surface area (Å²) in [5.74, 6) is 0.426. The second-order valence-corrected chi connectivity index (χ2v) is 3.97. The quantitative estimate of drug-likeness (QED) is 0.813. The van der Waals surface area contributed by atoms with Gasteiger partial charge in [-0.1, -0.05) is 13.8 Å². The molecule has 4 heteroatoms. The Morgan fingerprint density at radius 1 is 1.53 bits per heavy atom. The maximum atomic E-state index is 11.5. The van der Waals surface area contributed by atoms with Crippen LogP contribution in [0.15, 0.2) is 17.1 Å². The molecule has 0 aromatic carbocycles. The number of fused-ring (bicyclic) bond motifs is 1. The first-order valence-electron chi connectivity index (χ1n) is 5.22. The third kappa shape index (κ3) is 1.56. The highest BCUT2D eigenvalue weighted by Crippen LogP contribution is 2.16. The predicted molar refractivity (Wildman–Crippen MR) is 60.1 cm³/mol. The first-order valence-corrected chi connectivity index (χ1v) is 5.22. The zero-order valence-corrected chi connectivity index (χ0v) is 9.24. The highest BCUT2D eigenvalue weighted by atomic mass is 16.1. The summed E-state index contributed by atoms with van der Waals surface area (Å²) in [5.41, 5.74) is 2.63. The second kappa shape index (κ2) is 3.53. The van der Waals surface area contributed by atoms with Crippen LogP contribution < -0.4 is 5.69 Å². The van der Waals surface area contributed by atoms with E-state index >= 15 is 0 Å². The Balaban J connectivity index is 2.70. The van der Waals surface area contributed by atoms with E-state index in [2.05, 4.69) is 23.8 Å². The molecule has 4 nitrogen and oxygen atoms in total. The molecular formula is C11H15N3O. The van der Waals surface area contributed by atoms with Gasteiger partial charge in [0.2, 0.25) is 0 Å². The molecule has 0 unspecified atom stereocenters. The van der Waals surface area contributed by atoms with Crippen LogP contribution in [0.2, 0.25) is 0 Å². The molecule has 0 saturated heterocycles. The van der Waals surface area contributed by atoms with Gasteiger partial charge in [0.25, 0.3) is 0 Å². The van der Waals surface area contributed by atoms with Crippen molar-refractivity contribution in [2.75, 3.05) is 0 Å². The molecule has 1 N–H and O–H groups in total. The number of nitrogens with zero attached hydrogens (tertiary/aromatic N) is 2. The molecule has 15 heavy (non-hydrogen) atoms. The summed E-state index contributed by atoms with van der Waals surface area (Å²) in [4.78, 5) is 18.7.